The molecule has 17 heavy (non-hydrogen) atoms. The number of rotatable bonds is 4. The molecule has 4 N–H and O–H groups in total. The number of aryl methyl sites for hydroxylation is 1. The van der Waals surface area contributed by atoms with Crippen LogP contribution >= 0.6 is 0 Å². The van der Waals surface area contributed by atoms with Gasteiger partial charge in [0.25, 0.3) is 5.56 Å². The van der Waals surface area contributed by atoms with Gasteiger partial charge in [0.1, 0.15) is 5.76 Å². The Balaban J connectivity index is 2.48. The largest absolute Gasteiger partial charge is 0.469 e. The molecule has 0 saturated heterocycles. The molecule has 2 aromatic heterocycles. The Hall–Kier alpha value is -2.24. The van der Waals surface area contributed by atoms with E-state index in [1.807, 2.05) is 0 Å². The number of furan rings is 1. The second-order valence-corrected chi connectivity index (χ2v) is 3.86. The molecular formula is C11H13N3O3. The molecule has 0 aliphatic carbocycles. The molecular weight excluding hydrogens is 222 g/mol. The molecule has 0 bridgehead atoms. The summed E-state index contributed by atoms with van der Waals surface area (Å²) in [4.78, 5) is 22.8. The first-order valence-corrected chi connectivity index (χ1v) is 5.18. The molecule has 0 aliphatic heterocycles. The van der Waals surface area contributed by atoms with Gasteiger partial charge < -0.3 is 15.2 Å². The van der Waals surface area contributed by atoms with Crippen LogP contribution in [0.15, 0.2) is 27.6 Å². The van der Waals surface area contributed by atoms with E-state index in [0.29, 0.717) is 17.0 Å². The van der Waals surface area contributed by atoms with Gasteiger partial charge in [-0.3, -0.25) is 14.7 Å². The van der Waals surface area contributed by atoms with Gasteiger partial charge in [-0.25, -0.2) is 0 Å². The van der Waals surface area contributed by atoms with Crippen molar-refractivity contribution in [2.75, 3.05) is 0 Å². The Morgan fingerprint density at radius 2 is 2.29 bits per heavy atom. The van der Waals surface area contributed by atoms with E-state index in [-0.39, 0.29) is 12.0 Å². The highest BCUT2D eigenvalue weighted by atomic mass is 16.3. The molecule has 0 saturated carbocycles. The number of amides is 1. The summed E-state index contributed by atoms with van der Waals surface area (Å²) in [6.07, 6.45) is 1.54. The summed E-state index contributed by atoms with van der Waals surface area (Å²) in [7, 11) is 0. The Morgan fingerprint density at radius 3 is 2.76 bits per heavy atom. The lowest BCUT2D eigenvalue weighted by atomic mass is 9.93. The third-order valence-corrected chi connectivity index (χ3v) is 2.65. The predicted octanol–water partition coefficient (Wildman–Crippen LogP) is 0.612. The monoisotopic (exact) mass is 235 g/mol. The van der Waals surface area contributed by atoms with Crippen LogP contribution in [0.3, 0.4) is 0 Å². The summed E-state index contributed by atoms with van der Waals surface area (Å²) < 4.78 is 5.26. The van der Waals surface area contributed by atoms with Gasteiger partial charge in [-0.15, -0.1) is 0 Å². The van der Waals surface area contributed by atoms with Gasteiger partial charge in [0.05, 0.1) is 17.7 Å². The Labute approximate surface area is 96.8 Å². The van der Waals surface area contributed by atoms with Gasteiger partial charge in [-0.05, 0) is 19.1 Å². The lowest BCUT2D eigenvalue weighted by Gasteiger charge is -2.10. The van der Waals surface area contributed by atoms with Crippen LogP contribution in [0.25, 0.3) is 0 Å². The number of hydrogen-bond donors (Lipinski definition) is 3. The van der Waals surface area contributed by atoms with Gasteiger partial charge in [-0.1, -0.05) is 0 Å². The highest BCUT2D eigenvalue weighted by Gasteiger charge is 2.25. The van der Waals surface area contributed by atoms with Crippen molar-refractivity contribution in [2.45, 2.75) is 19.3 Å². The lowest BCUT2D eigenvalue weighted by Crippen LogP contribution is -2.20. The molecule has 6 nitrogen and oxygen atoms in total. The van der Waals surface area contributed by atoms with Crippen molar-refractivity contribution in [3.63, 3.8) is 0 Å². The minimum absolute atomic E-state index is 0.0370. The summed E-state index contributed by atoms with van der Waals surface area (Å²) in [5.74, 6) is -0.374. The second-order valence-electron chi connectivity index (χ2n) is 3.86. The maximum Gasteiger partial charge on any atom is 0.268 e. The molecule has 2 heterocycles. The van der Waals surface area contributed by atoms with E-state index >= 15 is 0 Å². The van der Waals surface area contributed by atoms with Crippen molar-refractivity contribution in [1.29, 1.82) is 0 Å². The maximum atomic E-state index is 11.7. The van der Waals surface area contributed by atoms with E-state index in [1.54, 1.807) is 19.1 Å². The van der Waals surface area contributed by atoms with E-state index in [4.69, 9.17) is 10.2 Å². The molecule has 6 heteroatoms. The van der Waals surface area contributed by atoms with Crippen molar-refractivity contribution >= 4 is 5.91 Å². The Bertz CT molecular complexity index is 565. The molecule has 2 rings (SSSR count). The van der Waals surface area contributed by atoms with Crippen LogP contribution in [-0.2, 0) is 4.79 Å². The van der Waals surface area contributed by atoms with E-state index in [1.165, 1.54) is 6.26 Å². The molecule has 0 aliphatic rings. The van der Waals surface area contributed by atoms with Gasteiger partial charge >= 0.3 is 0 Å². The van der Waals surface area contributed by atoms with E-state index in [2.05, 4.69) is 10.2 Å². The first-order valence-electron chi connectivity index (χ1n) is 5.18. The average molecular weight is 235 g/mol. The average Bonchev–Trinajstić information content (AvgIpc) is 2.86. The number of hydrogen-bond acceptors (Lipinski definition) is 3. The number of nitrogens with one attached hydrogen (secondary N) is 2. The molecule has 0 radical (unpaired) electrons. The number of carbonyl (C=O) groups excluding carboxylic acids is 1. The molecule has 2 aromatic rings. The zero-order chi connectivity index (χ0) is 12.4. The Morgan fingerprint density at radius 1 is 1.53 bits per heavy atom. The van der Waals surface area contributed by atoms with Crippen LogP contribution in [0, 0.1) is 6.92 Å². The van der Waals surface area contributed by atoms with Gasteiger partial charge in [-0.2, -0.15) is 0 Å². The number of aromatic nitrogens is 2. The van der Waals surface area contributed by atoms with Crippen molar-refractivity contribution in [3.8, 4) is 0 Å². The molecule has 1 unspecified atom stereocenters. The molecule has 1 atom stereocenters. The first kappa shape index (κ1) is 11.3. The van der Waals surface area contributed by atoms with Crippen LogP contribution in [0.1, 0.15) is 29.4 Å². The topological polar surface area (TPSA) is 105 Å². The molecule has 1 amide bonds. The minimum Gasteiger partial charge on any atom is -0.469 e. The van der Waals surface area contributed by atoms with E-state index in [0.717, 1.165) is 0 Å². The zero-order valence-electron chi connectivity index (χ0n) is 9.32. The van der Waals surface area contributed by atoms with Crippen LogP contribution < -0.4 is 11.3 Å². The highest BCUT2D eigenvalue weighted by molar-refractivity contribution is 5.75. The van der Waals surface area contributed by atoms with Gasteiger partial charge in [0.15, 0.2) is 0 Å². The summed E-state index contributed by atoms with van der Waals surface area (Å²) in [5, 5.41) is 5.20. The lowest BCUT2D eigenvalue weighted by molar-refractivity contribution is -0.118. The fourth-order valence-corrected chi connectivity index (χ4v) is 1.91. The normalized spacial score (nSPS) is 12.5. The number of primary amides is 1. The number of H-pyrrole nitrogens is 2. The summed E-state index contributed by atoms with van der Waals surface area (Å²) in [6, 6.07) is 3.43. The van der Waals surface area contributed by atoms with Gasteiger partial charge in [0, 0.05) is 12.1 Å². The fraction of sp³-hybridized carbons (Fsp3) is 0.273. The summed E-state index contributed by atoms with van der Waals surface area (Å²) in [6.45, 7) is 1.75. The third-order valence-electron chi connectivity index (χ3n) is 2.65. The molecule has 0 spiro atoms. The predicted molar refractivity (Wildman–Crippen MR) is 60.5 cm³/mol. The highest BCUT2D eigenvalue weighted by Crippen LogP contribution is 2.27. The maximum absolute atomic E-state index is 11.7. The molecule has 0 fully saturated rings. The van der Waals surface area contributed by atoms with Crippen molar-refractivity contribution < 1.29 is 9.21 Å². The first-order chi connectivity index (χ1) is 8.09. The van der Waals surface area contributed by atoms with Crippen LogP contribution in [0.5, 0.6) is 0 Å². The van der Waals surface area contributed by atoms with Crippen LogP contribution in [0.4, 0.5) is 0 Å². The minimum atomic E-state index is -0.480. The van der Waals surface area contributed by atoms with E-state index in [9.17, 15) is 9.59 Å². The summed E-state index contributed by atoms with van der Waals surface area (Å²) in [5.41, 5.74) is 6.11. The number of nitrogens with two attached hydrogens (primary N) is 1. The van der Waals surface area contributed by atoms with Crippen molar-refractivity contribution in [3.05, 3.63) is 45.8 Å². The standard InChI is InChI=1S/C11H13N3O3/c1-6-10(11(16)14-13-6)7(5-9(12)15)8-3-2-4-17-8/h2-4,7H,5H2,1H3,(H2,12,15)(H2,13,14,16). The SMILES string of the molecule is Cc1[nH][nH]c(=O)c1C(CC(N)=O)c1ccco1. The van der Waals surface area contributed by atoms with Crippen molar-refractivity contribution in [2.24, 2.45) is 5.73 Å². The van der Waals surface area contributed by atoms with Crippen LogP contribution in [-0.4, -0.2) is 16.1 Å². The smallest absolute Gasteiger partial charge is 0.268 e. The second kappa shape index (κ2) is 4.32. The number of carbonyl (C=O) groups is 1. The fourth-order valence-electron chi connectivity index (χ4n) is 1.91. The van der Waals surface area contributed by atoms with Crippen LogP contribution in [0.2, 0.25) is 0 Å². The molecule has 90 valence electrons. The summed E-state index contributed by atoms with van der Waals surface area (Å²) >= 11 is 0. The third kappa shape index (κ3) is 2.15. The van der Waals surface area contributed by atoms with Crippen molar-refractivity contribution in [1.82, 2.24) is 10.2 Å². The number of aromatic amines is 2. The Kier molecular flexibility index (Phi) is 2.86. The van der Waals surface area contributed by atoms with Gasteiger partial charge in [0.2, 0.25) is 5.91 Å². The van der Waals surface area contributed by atoms with E-state index < -0.39 is 11.8 Å². The quantitative estimate of drug-likeness (QED) is 0.723. The zero-order valence-corrected chi connectivity index (χ0v) is 9.32. The molecule has 0 aromatic carbocycles.